The number of imidazole rings is 1. The first-order chi connectivity index (χ1) is 7.63. The lowest BCUT2D eigenvalue weighted by atomic mass is 10.3. The van der Waals surface area contributed by atoms with Gasteiger partial charge < -0.3 is 14.1 Å². The fourth-order valence-electron chi connectivity index (χ4n) is 1.66. The summed E-state index contributed by atoms with van der Waals surface area (Å²) in [6.45, 7) is 1.93. The molecule has 16 heavy (non-hydrogen) atoms. The summed E-state index contributed by atoms with van der Waals surface area (Å²) in [5, 5.41) is 9.30. The minimum atomic E-state index is 0.0534. The van der Waals surface area contributed by atoms with E-state index < -0.39 is 0 Å². The molecule has 0 atom stereocenters. The molecule has 0 aromatic carbocycles. The third kappa shape index (κ3) is 1.86. The van der Waals surface area contributed by atoms with Crippen LogP contribution < -0.4 is 0 Å². The molecule has 2 aromatic heterocycles. The second-order valence-corrected chi connectivity index (χ2v) is 3.97. The van der Waals surface area contributed by atoms with Gasteiger partial charge in [-0.05, 0) is 19.1 Å². The van der Waals surface area contributed by atoms with Crippen molar-refractivity contribution < 1.29 is 9.52 Å². The summed E-state index contributed by atoms with van der Waals surface area (Å²) in [5.41, 5.74) is 0.748. The molecule has 0 bridgehead atoms. The molecule has 0 aliphatic heterocycles. The monoisotopic (exact) mass is 240 g/mol. The molecule has 0 unspecified atom stereocenters. The van der Waals surface area contributed by atoms with Gasteiger partial charge in [-0.1, -0.05) is 11.6 Å². The van der Waals surface area contributed by atoms with Crippen molar-refractivity contribution in [2.24, 2.45) is 7.05 Å². The Morgan fingerprint density at radius 2 is 2.25 bits per heavy atom. The maximum Gasteiger partial charge on any atom is 0.158 e. The third-order valence-corrected chi connectivity index (χ3v) is 2.72. The van der Waals surface area contributed by atoms with Crippen LogP contribution in [0.15, 0.2) is 16.5 Å². The van der Waals surface area contributed by atoms with E-state index in [0.717, 1.165) is 17.3 Å². The molecule has 0 aliphatic carbocycles. The van der Waals surface area contributed by atoms with Crippen molar-refractivity contribution in [1.29, 1.82) is 0 Å². The predicted octanol–water partition coefficient (Wildman–Crippen LogP) is 2.18. The number of hydrogen-bond donors (Lipinski definition) is 1. The maximum absolute atomic E-state index is 8.90. The van der Waals surface area contributed by atoms with Crippen LogP contribution in [0.5, 0.6) is 0 Å². The van der Waals surface area contributed by atoms with E-state index in [0.29, 0.717) is 17.3 Å². The zero-order valence-corrected chi connectivity index (χ0v) is 9.95. The Bertz CT molecular complexity index is 502. The summed E-state index contributed by atoms with van der Waals surface area (Å²) >= 11 is 6.06. The number of hydrogen-bond acceptors (Lipinski definition) is 3. The molecule has 0 saturated carbocycles. The Morgan fingerprint density at radius 3 is 2.81 bits per heavy atom. The summed E-state index contributed by atoms with van der Waals surface area (Å²) in [6, 6.07) is 3.74. The van der Waals surface area contributed by atoms with E-state index in [-0.39, 0.29) is 6.61 Å². The van der Waals surface area contributed by atoms with E-state index in [4.69, 9.17) is 21.1 Å². The second-order valence-electron chi connectivity index (χ2n) is 3.61. The Hall–Kier alpha value is -1.26. The Kier molecular flexibility index (Phi) is 3.03. The molecule has 0 spiro atoms. The highest BCUT2D eigenvalue weighted by Crippen LogP contribution is 2.29. The van der Waals surface area contributed by atoms with Crippen LogP contribution in [0.3, 0.4) is 0 Å². The van der Waals surface area contributed by atoms with Crippen LogP contribution in [0, 0.1) is 6.92 Å². The van der Waals surface area contributed by atoms with Gasteiger partial charge in [0.2, 0.25) is 0 Å². The van der Waals surface area contributed by atoms with E-state index >= 15 is 0 Å². The Labute approximate surface area is 98.5 Å². The lowest BCUT2D eigenvalue weighted by Crippen LogP contribution is -2.01. The molecule has 0 aliphatic rings. The minimum Gasteiger partial charge on any atom is -0.460 e. The SMILES string of the molecule is Cc1ccc(-c2c(Cl)nc(CCO)n2C)o1. The molecule has 4 nitrogen and oxygen atoms in total. The maximum atomic E-state index is 8.90. The predicted molar refractivity (Wildman–Crippen MR) is 61.4 cm³/mol. The number of rotatable bonds is 3. The van der Waals surface area contributed by atoms with E-state index in [1.165, 1.54) is 0 Å². The van der Waals surface area contributed by atoms with Crippen LogP contribution in [-0.4, -0.2) is 21.3 Å². The quantitative estimate of drug-likeness (QED) is 0.895. The molecular formula is C11H13ClN2O2. The zero-order chi connectivity index (χ0) is 11.7. The summed E-state index contributed by atoms with van der Waals surface area (Å²) in [6.07, 6.45) is 0.482. The van der Waals surface area contributed by atoms with Crippen molar-refractivity contribution in [3.63, 3.8) is 0 Å². The topological polar surface area (TPSA) is 51.2 Å². The first-order valence-electron chi connectivity index (χ1n) is 5.02. The molecule has 2 aromatic rings. The number of aromatic nitrogens is 2. The van der Waals surface area contributed by atoms with Gasteiger partial charge in [-0.15, -0.1) is 0 Å². The van der Waals surface area contributed by atoms with Crippen LogP contribution in [0.1, 0.15) is 11.6 Å². The van der Waals surface area contributed by atoms with Crippen LogP contribution in [0.25, 0.3) is 11.5 Å². The zero-order valence-electron chi connectivity index (χ0n) is 9.20. The Morgan fingerprint density at radius 1 is 1.50 bits per heavy atom. The van der Waals surface area contributed by atoms with Crippen molar-refractivity contribution in [2.75, 3.05) is 6.61 Å². The van der Waals surface area contributed by atoms with Gasteiger partial charge in [0.1, 0.15) is 17.3 Å². The van der Waals surface area contributed by atoms with Crippen LogP contribution in [-0.2, 0) is 13.5 Å². The lowest BCUT2D eigenvalue weighted by molar-refractivity contribution is 0.295. The van der Waals surface area contributed by atoms with Gasteiger partial charge in [0.15, 0.2) is 10.9 Å². The third-order valence-electron chi connectivity index (χ3n) is 2.45. The van der Waals surface area contributed by atoms with E-state index in [9.17, 15) is 0 Å². The fraction of sp³-hybridized carbons (Fsp3) is 0.364. The molecule has 0 amide bonds. The average Bonchev–Trinajstić information content (AvgIpc) is 2.74. The standard InChI is InChI=1S/C11H13ClN2O2/c1-7-3-4-8(16-7)10-11(12)13-9(5-6-15)14(10)2/h3-4,15H,5-6H2,1-2H3. The number of aliphatic hydroxyl groups is 1. The molecule has 86 valence electrons. The van der Waals surface area contributed by atoms with Crippen LogP contribution in [0.2, 0.25) is 5.15 Å². The minimum absolute atomic E-state index is 0.0534. The van der Waals surface area contributed by atoms with E-state index in [1.54, 1.807) is 0 Å². The highest BCUT2D eigenvalue weighted by atomic mass is 35.5. The van der Waals surface area contributed by atoms with E-state index in [1.807, 2.05) is 30.7 Å². The summed E-state index contributed by atoms with van der Waals surface area (Å²) in [4.78, 5) is 4.19. The van der Waals surface area contributed by atoms with Gasteiger partial charge in [-0.3, -0.25) is 0 Å². The van der Waals surface area contributed by atoms with Crippen molar-refractivity contribution >= 4 is 11.6 Å². The van der Waals surface area contributed by atoms with Gasteiger partial charge in [0.25, 0.3) is 0 Å². The summed E-state index contributed by atoms with van der Waals surface area (Å²) in [7, 11) is 1.86. The highest BCUT2D eigenvalue weighted by molar-refractivity contribution is 6.31. The molecule has 0 fully saturated rings. The average molecular weight is 241 g/mol. The number of aryl methyl sites for hydroxylation is 1. The smallest absolute Gasteiger partial charge is 0.158 e. The first-order valence-corrected chi connectivity index (χ1v) is 5.40. The number of furan rings is 1. The fourth-order valence-corrected chi connectivity index (χ4v) is 1.98. The van der Waals surface area contributed by atoms with Crippen molar-refractivity contribution in [3.8, 4) is 11.5 Å². The number of aliphatic hydroxyl groups excluding tert-OH is 1. The van der Waals surface area contributed by atoms with Gasteiger partial charge in [-0.25, -0.2) is 4.98 Å². The highest BCUT2D eigenvalue weighted by Gasteiger charge is 2.16. The second kappa shape index (κ2) is 4.31. The van der Waals surface area contributed by atoms with Gasteiger partial charge in [0, 0.05) is 13.5 Å². The summed E-state index contributed by atoms with van der Waals surface area (Å²) < 4.78 is 7.36. The van der Waals surface area contributed by atoms with Gasteiger partial charge in [0.05, 0.1) is 6.61 Å². The largest absolute Gasteiger partial charge is 0.460 e. The Balaban J connectivity index is 2.48. The lowest BCUT2D eigenvalue weighted by Gasteiger charge is -2.02. The van der Waals surface area contributed by atoms with Crippen LogP contribution in [0.4, 0.5) is 0 Å². The van der Waals surface area contributed by atoms with Crippen molar-refractivity contribution in [2.45, 2.75) is 13.3 Å². The van der Waals surface area contributed by atoms with Crippen molar-refractivity contribution in [3.05, 3.63) is 28.9 Å². The first kappa shape index (κ1) is 11.2. The van der Waals surface area contributed by atoms with Gasteiger partial charge in [-0.2, -0.15) is 0 Å². The molecule has 1 N–H and O–H groups in total. The summed E-state index contributed by atoms with van der Waals surface area (Å²) in [5.74, 6) is 2.27. The molecule has 2 rings (SSSR count). The van der Waals surface area contributed by atoms with Gasteiger partial charge >= 0.3 is 0 Å². The molecule has 2 heterocycles. The number of nitrogens with zero attached hydrogens (tertiary/aromatic N) is 2. The normalized spacial score (nSPS) is 11.0. The molecule has 0 saturated heterocycles. The number of halogens is 1. The van der Waals surface area contributed by atoms with E-state index in [2.05, 4.69) is 4.98 Å². The molecule has 0 radical (unpaired) electrons. The molecule has 5 heteroatoms. The van der Waals surface area contributed by atoms with Crippen molar-refractivity contribution in [1.82, 2.24) is 9.55 Å². The van der Waals surface area contributed by atoms with Crippen LogP contribution >= 0.6 is 11.6 Å². The molecular weight excluding hydrogens is 228 g/mol.